The fourth-order valence-corrected chi connectivity index (χ4v) is 6.87. The van der Waals surface area contributed by atoms with Gasteiger partial charge >= 0.3 is 6.03 Å². The first kappa shape index (κ1) is 36.8. The number of para-hydroxylation sites is 1. The standard InChI is InChI=1S/C46H47N3O5/c1-31-43(29-49(3)32(2)38-22-21-35-9-7-8-10-39(35)27-38)53-45(54-44(31)36-17-15-34(30-50)16-18-36)37-19-13-33(14-20-37)28-47-46(51)48-40-23-25-42(26-24-40)52-41-11-5-4-6-12-41/h4-27,31-32,43-45,50H,28-30H2,1-3H3,(H2,47,48,51). The first-order valence-corrected chi connectivity index (χ1v) is 18.5. The van der Waals surface area contributed by atoms with E-state index in [0.29, 0.717) is 24.5 Å². The molecular formula is C46H47N3O5. The van der Waals surface area contributed by atoms with Crippen LogP contribution in [0, 0.1) is 5.92 Å². The fourth-order valence-electron chi connectivity index (χ4n) is 6.87. The van der Waals surface area contributed by atoms with Crippen LogP contribution in [0.25, 0.3) is 10.8 Å². The number of fused-ring (bicyclic) bond motifs is 1. The molecule has 6 aromatic rings. The molecule has 8 heteroatoms. The molecule has 7 rings (SSSR count). The van der Waals surface area contributed by atoms with Crippen molar-refractivity contribution < 1.29 is 24.1 Å². The van der Waals surface area contributed by atoms with Gasteiger partial charge in [-0.15, -0.1) is 0 Å². The van der Waals surface area contributed by atoms with Crippen molar-refractivity contribution in [1.29, 1.82) is 0 Å². The Labute approximate surface area is 317 Å². The Hall–Kier alpha value is -5.51. The number of likely N-dealkylation sites (N-methyl/N-ethyl adjacent to an activating group) is 1. The number of hydrogen-bond acceptors (Lipinski definition) is 6. The third-order valence-electron chi connectivity index (χ3n) is 10.3. The molecule has 3 N–H and O–H groups in total. The summed E-state index contributed by atoms with van der Waals surface area (Å²) in [6.45, 7) is 5.48. The van der Waals surface area contributed by atoms with Crippen molar-refractivity contribution in [3.8, 4) is 11.5 Å². The maximum atomic E-state index is 12.7. The highest BCUT2D eigenvalue weighted by atomic mass is 16.7. The van der Waals surface area contributed by atoms with Crippen LogP contribution in [0.3, 0.4) is 0 Å². The lowest BCUT2D eigenvalue weighted by atomic mass is 9.89. The zero-order chi connectivity index (χ0) is 37.4. The van der Waals surface area contributed by atoms with E-state index >= 15 is 0 Å². The molecule has 8 nitrogen and oxygen atoms in total. The highest BCUT2D eigenvalue weighted by Gasteiger charge is 2.39. The van der Waals surface area contributed by atoms with Crippen LogP contribution in [0.15, 0.2) is 146 Å². The van der Waals surface area contributed by atoms with Crippen LogP contribution in [0.5, 0.6) is 11.5 Å². The molecule has 1 saturated heterocycles. The van der Waals surface area contributed by atoms with E-state index in [-0.39, 0.29) is 36.8 Å². The summed E-state index contributed by atoms with van der Waals surface area (Å²) in [5.74, 6) is 1.50. The maximum Gasteiger partial charge on any atom is 0.319 e. The topological polar surface area (TPSA) is 92.3 Å². The summed E-state index contributed by atoms with van der Waals surface area (Å²) in [5.41, 5.74) is 5.68. The summed E-state index contributed by atoms with van der Waals surface area (Å²) < 4.78 is 19.3. The normalized spacial score (nSPS) is 19.0. The van der Waals surface area contributed by atoms with Gasteiger partial charge in [0, 0.05) is 36.3 Å². The van der Waals surface area contributed by atoms with Crippen molar-refractivity contribution in [2.45, 2.75) is 51.5 Å². The Morgan fingerprint density at radius 3 is 2.13 bits per heavy atom. The van der Waals surface area contributed by atoms with Crippen molar-refractivity contribution in [3.63, 3.8) is 0 Å². The van der Waals surface area contributed by atoms with Crippen LogP contribution in [0.1, 0.15) is 60.1 Å². The van der Waals surface area contributed by atoms with Crippen molar-refractivity contribution >= 4 is 22.5 Å². The number of benzene rings is 6. The second-order valence-electron chi connectivity index (χ2n) is 14.0. The number of carbonyl (C=O) groups is 1. The highest BCUT2D eigenvalue weighted by molar-refractivity contribution is 5.89. The maximum absolute atomic E-state index is 12.7. The first-order chi connectivity index (χ1) is 26.3. The van der Waals surface area contributed by atoms with Crippen molar-refractivity contribution in [3.05, 3.63) is 173 Å². The molecule has 6 aromatic carbocycles. The minimum Gasteiger partial charge on any atom is -0.457 e. The molecule has 0 spiro atoms. The number of amides is 2. The number of aliphatic hydroxyl groups excluding tert-OH is 1. The molecule has 2 amide bonds. The molecular weight excluding hydrogens is 675 g/mol. The summed E-state index contributed by atoms with van der Waals surface area (Å²) in [4.78, 5) is 15.1. The van der Waals surface area contributed by atoms with Gasteiger partial charge in [0.05, 0.1) is 18.8 Å². The largest absolute Gasteiger partial charge is 0.457 e. The number of urea groups is 1. The Balaban J connectivity index is 0.998. The molecule has 276 valence electrons. The summed E-state index contributed by atoms with van der Waals surface area (Å²) in [5, 5.41) is 17.9. The number of aliphatic hydroxyl groups is 1. The first-order valence-electron chi connectivity index (χ1n) is 18.5. The highest BCUT2D eigenvalue weighted by Crippen LogP contribution is 2.42. The number of rotatable bonds is 12. The van der Waals surface area contributed by atoms with Crippen LogP contribution in [0.4, 0.5) is 10.5 Å². The smallest absolute Gasteiger partial charge is 0.319 e. The van der Waals surface area contributed by atoms with Crippen molar-refractivity contribution in [2.24, 2.45) is 5.92 Å². The molecule has 0 aromatic heterocycles. The Morgan fingerprint density at radius 1 is 0.759 bits per heavy atom. The molecule has 0 aliphatic carbocycles. The molecule has 1 heterocycles. The quantitative estimate of drug-likeness (QED) is 0.117. The number of nitrogens with one attached hydrogen (secondary N) is 2. The number of hydrogen-bond donors (Lipinski definition) is 3. The van der Waals surface area contributed by atoms with Crippen LogP contribution in [-0.2, 0) is 22.6 Å². The van der Waals surface area contributed by atoms with Gasteiger partial charge in [0.25, 0.3) is 0 Å². The lowest BCUT2D eigenvalue weighted by Gasteiger charge is -2.43. The SMILES string of the molecule is CC1C(CN(C)C(C)c2ccc3ccccc3c2)OC(c2ccc(CNC(=O)Nc3ccc(Oc4ccccc4)cc3)cc2)OC1c1ccc(CO)cc1. The molecule has 1 aliphatic heterocycles. The zero-order valence-electron chi connectivity index (χ0n) is 30.9. The van der Waals surface area contributed by atoms with Crippen molar-refractivity contribution in [1.82, 2.24) is 10.2 Å². The van der Waals surface area contributed by atoms with E-state index in [0.717, 1.165) is 28.0 Å². The predicted molar refractivity (Wildman–Crippen MR) is 213 cm³/mol. The van der Waals surface area contributed by atoms with Gasteiger partial charge in [0.1, 0.15) is 11.5 Å². The molecule has 0 radical (unpaired) electrons. The van der Waals surface area contributed by atoms with Gasteiger partial charge in [-0.2, -0.15) is 0 Å². The van der Waals surface area contributed by atoms with E-state index in [1.54, 1.807) is 12.1 Å². The van der Waals surface area contributed by atoms with E-state index in [2.05, 4.69) is 78.9 Å². The van der Waals surface area contributed by atoms with Crippen molar-refractivity contribution in [2.75, 3.05) is 18.9 Å². The molecule has 54 heavy (non-hydrogen) atoms. The van der Waals surface area contributed by atoms with Gasteiger partial charge in [-0.1, -0.05) is 110 Å². The second-order valence-corrected chi connectivity index (χ2v) is 14.0. The lowest BCUT2D eigenvalue weighted by Crippen LogP contribution is -2.44. The van der Waals surface area contributed by atoms with E-state index < -0.39 is 6.29 Å². The molecule has 1 fully saturated rings. The van der Waals surface area contributed by atoms with Gasteiger partial charge in [-0.05, 0) is 89.5 Å². The minimum absolute atomic E-state index is 0.00620. The fraction of sp³-hybridized carbons (Fsp3) is 0.239. The van der Waals surface area contributed by atoms with Crippen LogP contribution < -0.4 is 15.4 Å². The Morgan fingerprint density at radius 2 is 1.41 bits per heavy atom. The van der Waals surface area contributed by atoms with Gasteiger partial charge < -0.3 is 30.0 Å². The average Bonchev–Trinajstić information content (AvgIpc) is 3.21. The molecule has 0 saturated carbocycles. The van der Waals surface area contributed by atoms with Crippen LogP contribution in [0.2, 0.25) is 0 Å². The minimum atomic E-state index is -0.586. The third kappa shape index (κ3) is 8.98. The molecule has 5 atom stereocenters. The average molecular weight is 722 g/mol. The monoisotopic (exact) mass is 721 g/mol. The number of anilines is 1. The van der Waals surface area contributed by atoms with E-state index in [9.17, 15) is 9.90 Å². The third-order valence-corrected chi connectivity index (χ3v) is 10.3. The number of carbonyl (C=O) groups excluding carboxylic acids is 1. The van der Waals surface area contributed by atoms with Gasteiger partial charge in [0.2, 0.25) is 0 Å². The number of ether oxygens (including phenoxy) is 3. The molecule has 1 aliphatic rings. The Bertz CT molecular complexity index is 2120. The summed E-state index contributed by atoms with van der Waals surface area (Å²) >= 11 is 0. The van der Waals surface area contributed by atoms with Gasteiger partial charge in [-0.25, -0.2) is 4.79 Å². The zero-order valence-corrected chi connectivity index (χ0v) is 30.9. The summed E-state index contributed by atoms with van der Waals surface area (Å²) in [6, 6.07) is 47.8. The summed E-state index contributed by atoms with van der Waals surface area (Å²) in [6.07, 6.45) is -0.921. The van der Waals surface area contributed by atoms with Gasteiger partial charge in [0.15, 0.2) is 6.29 Å². The Kier molecular flexibility index (Phi) is 11.7. The molecule has 0 bridgehead atoms. The van der Waals surface area contributed by atoms with E-state index in [1.165, 1.54) is 16.3 Å². The van der Waals surface area contributed by atoms with Gasteiger partial charge in [-0.3, -0.25) is 4.90 Å². The number of nitrogens with zero attached hydrogens (tertiary/aromatic N) is 1. The van der Waals surface area contributed by atoms with E-state index in [1.807, 2.05) is 91.0 Å². The van der Waals surface area contributed by atoms with Crippen LogP contribution >= 0.6 is 0 Å². The van der Waals surface area contributed by atoms with E-state index in [4.69, 9.17) is 14.2 Å². The lowest BCUT2D eigenvalue weighted by molar-refractivity contribution is -0.276. The van der Waals surface area contributed by atoms with Crippen LogP contribution in [-0.4, -0.2) is 35.7 Å². The second kappa shape index (κ2) is 17.1. The predicted octanol–water partition coefficient (Wildman–Crippen LogP) is 9.93. The molecule has 5 unspecified atom stereocenters. The summed E-state index contributed by atoms with van der Waals surface area (Å²) in [7, 11) is 2.15.